The van der Waals surface area contributed by atoms with E-state index in [1.54, 1.807) is 13.8 Å². The molecule has 0 heterocycles. The number of hydrogen-bond acceptors (Lipinski definition) is 5. The lowest BCUT2D eigenvalue weighted by Gasteiger charge is -2.29. The Hall–Kier alpha value is -1.27. The number of esters is 2. The standard InChI is InChI=1S/C24H48N2O5Si2/c1-21(2)23(27)29-17-15-25(5,6)13-9-11-19-32-31-33-20-12-10-14-26(7,8)16-18-30-24(28)22(3)4/h32-33H,1,3,9-20H2,2,4-8H3/q+4. The fraction of sp³-hybridized carbons (Fsp3) is 0.750. The maximum atomic E-state index is 11.4. The van der Waals surface area contributed by atoms with Crippen LogP contribution in [0, 0.1) is 0 Å². The van der Waals surface area contributed by atoms with Crippen molar-refractivity contribution in [1.82, 2.24) is 0 Å². The molecule has 188 valence electrons. The van der Waals surface area contributed by atoms with Gasteiger partial charge < -0.3 is 18.4 Å². The third kappa shape index (κ3) is 18.8. The van der Waals surface area contributed by atoms with E-state index in [1.807, 2.05) is 0 Å². The van der Waals surface area contributed by atoms with Crippen molar-refractivity contribution < 1.29 is 32.1 Å². The molecule has 9 heteroatoms. The molecule has 0 aromatic rings. The fourth-order valence-corrected chi connectivity index (χ4v) is 5.52. The maximum Gasteiger partial charge on any atom is 0.511 e. The molecule has 33 heavy (non-hydrogen) atoms. The van der Waals surface area contributed by atoms with Crippen molar-refractivity contribution in [3.63, 3.8) is 0 Å². The second kappa shape index (κ2) is 17.2. The molecule has 0 saturated carbocycles. The van der Waals surface area contributed by atoms with Gasteiger partial charge in [0.15, 0.2) is 0 Å². The summed E-state index contributed by atoms with van der Waals surface area (Å²) in [5.41, 5.74) is 0.902. The lowest BCUT2D eigenvalue weighted by atomic mass is 10.3. The summed E-state index contributed by atoms with van der Waals surface area (Å²) in [6.07, 6.45) is 4.73. The fourth-order valence-electron chi connectivity index (χ4n) is 2.98. The SMILES string of the molecule is C=C(C)C(=O)OCC[N+](C)(C)CCCC[SiH+]O[SiH+]CCCC[N+](C)(C)CCOC(=O)C(=C)C. The van der Waals surface area contributed by atoms with E-state index in [-0.39, 0.29) is 31.5 Å². The van der Waals surface area contributed by atoms with Gasteiger partial charge in [-0.25, -0.2) is 9.59 Å². The van der Waals surface area contributed by atoms with Crippen LogP contribution >= 0.6 is 0 Å². The van der Waals surface area contributed by atoms with E-state index in [9.17, 15) is 9.59 Å². The zero-order valence-corrected chi connectivity index (χ0v) is 24.3. The molecule has 0 aliphatic heterocycles. The van der Waals surface area contributed by atoms with Gasteiger partial charge in [-0.2, -0.15) is 0 Å². The summed E-state index contributed by atoms with van der Waals surface area (Å²) >= 11 is 0. The summed E-state index contributed by atoms with van der Waals surface area (Å²) in [6, 6.07) is 2.37. The summed E-state index contributed by atoms with van der Waals surface area (Å²) in [5.74, 6) is -0.606. The first-order valence-electron chi connectivity index (χ1n) is 11.9. The molecule has 0 aliphatic rings. The van der Waals surface area contributed by atoms with E-state index in [0.29, 0.717) is 24.4 Å². The van der Waals surface area contributed by atoms with E-state index in [1.165, 1.54) is 37.8 Å². The molecule has 0 atom stereocenters. The van der Waals surface area contributed by atoms with Crippen molar-refractivity contribution in [1.29, 1.82) is 0 Å². The van der Waals surface area contributed by atoms with Crippen LogP contribution in [0.1, 0.15) is 39.5 Å². The van der Waals surface area contributed by atoms with Gasteiger partial charge in [-0.3, -0.25) is 0 Å². The Balaban J connectivity index is 3.61. The molecular weight excluding hydrogens is 452 g/mol. The van der Waals surface area contributed by atoms with E-state index < -0.39 is 0 Å². The maximum absolute atomic E-state index is 11.4. The number of hydrogen-bond donors (Lipinski definition) is 0. The first kappa shape index (κ1) is 31.7. The highest BCUT2D eigenvalue weighted by Gasteiger charge is 2.20. The average Bonchev–Trinajstić information content (AvgIpc) is 2.71. The molecule has 0 spiro atoms. The molecule has 0 saturated heterocycles. The Bertz CT molecular complexity index is 572. The van der Waals surface area contributed by atoms with Crippen LogP contribution in [0.25, 0.3) is 0 Å². The number of carbonyl (C=O) groups excluding carboxylic acids is 2. The van der Waals surface area contributed by atoms with Crippen LogP contribution < -0.4 is 0 Å². The number of carbonyl (C=O) groups is 2. The average molecular weight is 501 g/mol. The number of likely N-dealkylation sites (N-methyl/N-ethyl adjacent to an activating group) is 2. The molecule has 0 aliphatic carbocycles. The minimum absolute atomic E-state index is 0.112. The molecule has 7 nitrogen and oxygen atoms in total. The van der Waals surface area contributed by atoms with Crippen molar-refractivity contribution in [2.45, 2.75) is 51.6 Å². The number of nitrogens with zero attached hydrogens (tertiary/aromatic N) is 2. The number of quaternary nitrogens is 2. The molecule has 0 fully saturated rings. The molecule has 0 aromatic heterocycles. The zero-order valence-electron chi connectivity index (χ0n) is 22.0. The predicted octanol–water partition coefficient (Wildman–Crippen LogP) is 2.49. The van der Waals surface area contributed by atoms with Gasteiger partial charge in [0.25, 0.3) is 0 Å². The molecule has 0 rings (SSSR count). The van der Waals surface area contributed by atoms with Crippen LogP contribution in [0.4, 0.5) is 0 Å². The molecule has 0 unspecified atom stereocenters. The predicted molar refractivity (Wildman–Crippen MR) is 139 cm³/mol. The highest BCUT2D eigenvalue weighted by Crippen LogP contribution is 2.07. The third-order valence-electron chi connectivity index (χ3n) is 5.42. The normalized spacial score (nSPS) is 11.6. The number of ether oxygens (including phenoxy) is 2. The van der Waals surface area contributed by atoms with Crippen LogP contribution in [0.2, 0.25) is 12.1 Å². The van der Waals surface area contributed by atoms with E-state index in [2.05, 4.69) is 41.3 Å². The van der Waals surface area contributed by atoms with E-state index in [4.69, 9.17) is 13.6 Å². The highest BCUT2D eigenvalue weighted by atomic mass is 28.3. The van der Waals surface area contributed by atoms with E-state index >= 15 is 0 Å². The van der Waals surface area contributed by atoms with Crippen molar-refractivity contribution in [2.75, 3.05) is 67.6 Å². The molecule has 0 bridgehead atoms. The summed E-state index contributed by atoms with van der Waals surface area (Å²) in [6.45, 7) is 15.2. The number of rotatable bonds is 20. The first-order chi connectivity index (χ1) is 15.4. The van der Waals surface area contributed by atoms with Crippen LogP contribution in [0.3, 0.4) is 0 Å². The Labute approximate surface area is 207 Å². The van der Waals surface area contributed by atoms with Crippen molar-refractivity contribution in [2.24, 2.45) is 0 Å². The third-order valence-corrected chi connectivity index (χ3v) is 8.25. The van der Waals surface area contributed by atoms with Gasteiger partial charge in [0.2, 0.25) is 0 Å². The van der Waals surface area contributed by atoms with Gasteiger partial charge in [-0.05, 0) is 39.5 Å². The number of unbranched alkanes of at least 4 members (excludes halogenated alkanes) is 2. The minimum Gasteiger partial charge on any atom is -0.456 e. The minimum atomic E-state index is -0.303. The summed E-state index contributed by atoms with van der Waals surface area (Å²) in [4.78, 5) is 22.9. The van der Waals surface area contributed by atoms with Crippen LogP contribution in [0.5, 0.6) is 0 Å². The van der Waals surface area contributed by atoms with Gasteiger partial charge in [-0.15, -0.1) is 4.12 Å². The molecule has 0 aromatic carbocycles. The molecule has 0 N–H and O–H groups in total. The zero-order chi connectivity index (χ0) is 25.3. The Morgan fingerprint density at radius 3 is 1.36 bits per heavy atom. The molecular formula is C24H48N2O5Si2+4. The largest absolute Gasteiger partial charge is 0.511 e. The van der Waals surface area contributed by atoms with E-state index in [0.717, 1.165) is 35.1 Å². The van der Waals surface area contributed by atoms with Crippen LogP contribution in [-0.2, 0) is 23.2 Å². The Morgan fingerprint density at radius 1 is 0.667 bits per heavy atom. The van der Waals surface area contributed by atoms with Crippen molar-refractivity contribution >= 4 is 31.5 Å². The summed E-state index contributed by atoms with van der Waals surface area (Å²) in [7, 11) is 8.93. The Morgan fingerprint density at radius 2 is 1.03 bits per heavy atom. The quantitative estimate of drug-likeness (QED) is 0.0845. The smallest absolute Gasteiger partial charge is 0.456 e. The van der Waals surface area contributed by atoms with Gasteiger partial charge in [-0.1, -0.05) is 13.2 Å². The lowest BCUT2D eigenvalue weighted by Crippen LogP contribution is -2.43. The molecule has 0 amide bonds. The monoisotopic (exact) mass is 500 g/mol. The summed E-state index contributed by atoms with van der Waals surface area (Å²) in [5, 5.41) is 0. The van der Waals surface area contributed by atoms with Gasteiger partial charge in [0.1, 0.15) is 26.3 Å². The van der Waals surface area contributed by atoms with Gasteiger partial charge >= 0.3 is 31.5 Å². The van der Waals surface area contributed by atoms with Gasteiger partial charge in [0.05, 0.1) is 53.4 Å². The second-order valence-corrected chi connectivity index (χ2v) is 13.0. The van der Waals surface area contributed by atoms with Crippen molar-refractivity contribution in [3.8, 4) is 0 Å². The van der Waals surface area contributed by atoms with Gasteiger partial charge in [0, 0.05) is 11.1 Å². The van der Waals surface area contributed by atoms with Crippen LogP contribution in [0.15, 0.2) is 24.3 Å². The topological polar surface area (TPSA) is 61.8 Å². The summed E-state index contributed by atoms with van der Waals surface area (Å²) < 4.78 is 18.1. The Kier molecular flexibility index (Phi) is 16.6. The van der Waals surface area contributed by atoms with Crippen molar-refractivity contribution in [3.05, 3.63) is 24.3 Å². The first-order valence-corrected chi connectivity index (χ1v) is 14.5. The second-order valence-electron chi connectivity index (χ2n) is 10.1. The van der Waals surface area contributed by atoms with Crippen LogP contribution in [-0.4, -0.2) is 108 Å². The highest BCUT2D eigenvalue weighted by molar-refractivity contribution is 6.42. The molecule has 0 radical (unpaired) electrons. The lowest BCUT2D eigenvalue weighted by molar-refractivity contribution is -0.890.